The number of carboxylic acid groups (broad SMARTS) is 1. The largest absolute Gasteiger partial charge is 0.477 e. The lowest BCUT2D eigenvalue weighted by molar-refractivity contribution is 0.0701. The van der Waals surface area contributed by atoms with Crippen LogP contribution in [0.1, 0.15) is 28.2 Å². The monoisotopic (exact) mass is 269 g/mol. The van der Waals surface area contributed by atoms with Gasteiger partial charge in [0.15, 0.2) is 5.13 Å². The molecule has 0 amide bonds. The Morgan fingerprint density at radius 1 is 1.61 bits per heavy atom. The molecule has 2 heterocycles. The lowest BCUT2D eigenvalue weighted by Crippen LogP contribution is -2.37. The molecule has 18 heavy (non-hydrogen) atoms. The van der Waals surface area contributed by atoms with Gasteiger partial charge in [0.1, 0.15) is 4.88 Å². The molecule has 1 atom stereocenters. The number of rotatable bonds is 4. The molecule has 1 aliphatic heterocycles. The van der Waals surface area contributed by atoms with Crippen LogP contribution in [-0.2, 0) is 0 Å². The van der Waals surface area contributed by atoms with Crippen LogP contribution in [0.2, 0.25) is 0 Å². The Bertz CT molecular complexity index is 445. The smallest absolute Gasteiger partial charge is 0.347 e. The van der Waals surface area contributed by atoms with E-state index in [0.717, 1.165) is 31.1 Å². The van der Waals surface area contributed by atoms with Crippen LogP contribution in [-0.4, -0.2) is 54.2 Å². The second-order valence-electron chi connectivity index (χ2n) is 4.97. The Kier molecular flexibility index (Phi) is 3.87. The van der Waals surface area contributed by atoms with Gasteiger partial charge in [0.25, 0.3) is 0 Å². The molecule has 5 nitrogen and oxygen atoms in total. The first kappa shape index (κ1) is 13.3. The average molecular weight is 269 g/mol. The van der Waals surface area contributed by atoms with Gasteiger partial charge in [-0.25, -0.2) is 9.78 Å². The predicted octanol–water partition coefficient (Wildman–Crippen LogP) is 1.68. The molecule has 1 saturated heterocycles. The number of carbonyl (C=O) groups is 1. The van der Waals surface area contributed by atoms with E-state index >= 15 is 0 Å². The number of aromatic nitrogens is 1. The van der Waals surface area contributed by atoms with E-state index in [1.807, 2.05) is 0 Å². The van der Waals surface area contributed by atoms with Gasteiger partial charge in [0.05, 0.1) is 5.69 Å². The summed E-state index contributed by atoms with van der Waals surface area (Å²) in [5.74, 6) is -0.875. The molecule has 1 unspecified atom stereocenters. The highest BCUT2D eigenvalue weighted by Gasteiger charge is 2.28. The van der Waals surface area contributed by atoms with Gasteiger partial charge in [-0.05, 0) is 33.9 Å². The molecule has 1 N–H and O–H groups in total. The Morgan fingerprint density at radius 2 is 2.33 bits per heavy atom. The second-order valence-corrected chi connectivity index (χ2v) is 5.95. The standard InChI is InChI=1S/C12H19N3O2S/c1-8-10(11(16)17)18-12(13-8)15-6-4-5-9(15)7-14(2)3/h9H,4-7H2,1-3H3,(H,16,17). The zero-order chi connectivity index (χ0) is 13.3. The molecule has 1 fully saturated rings. The van der Waals surface area contributed by atoms with Gasteiger partial charge in [-0.3, -0.25) is 0 Å². The predicted molar refractivity (Wildman–Crippen MR) is 72.7 cm³/mol. The van der Waals surface area contributed by atoms with Gasteiger partial charge in [0.2, 0.25) is 0 Å². The maximum Gasteiger partial charge on any atom is 0.347 e. The van der Waals surface area contributed by atoms with E-state index in [0.29, 0.717) is 16.6 Å². The van der Waals surface area contributed by atoms with Gasteiger partial charge in [0, 0.05) is 19.1 Å². The molecule has 1 aromatic heterocycles. The Morgan fingerprint density at radius 3 is 2.89 bits per heavy atom. The van der Waals surface area contributed by atoms with E-state index in [-0.39, 0.29) is 0 Å². The van der Waals surface area contributed by atoms with Gasteiger partial charge < -0.3 is 14.9 Å². The summed E-state index contributed by atoms with van der Waals surface area (Å²) in [6.07, 6.45) is 2.30. The molecule has 0 bridgehead atoms. The van der Waals surface area contributed by atoms with Crippen LogP contribution in [0, 0.1) is 6.92 Å². The summed E-state index contributed by atoms with van der Waals surface area (Å²) >= 11 is 1.29. The molecule has 0 radical (unpaired) electrons. The number of aromatic carboxylic acids is 1. The van der Waals surface area contributed by atoms with Crippen molar-refractivity contribution in [3.8, 4) is 0 Å². The highest BCUT2D eigenvalue weighted by Crippen LogP contribution is 2.31. The van der Waals surface area contributed by atoms with Crippen molar-refractivity contribution < 1.29 is 9.90 Å². The minimum Gasteiger partial charge on any atom is -0.477 e. The zero-order valence-corrected chi connectivity index (χ0v) is 11.8. The first-order chi connectivity index (χ1) is 8.49. The normalized spacial score (nSPS) is 19.8. The number of nitrogens with zero attached hydrogens (tertiary/aromatic N) is 3. The van der Waals surface area contributed by atoms with E-state index in [4.69, 9.17) is 5.11 Å². The molecule has 2 rings (SSSR count). The highest BCUT2D eigenvalue weighted by atomic mass is 32.1. The molecular formula is C12H19N3O2S. The fourth-order valence-corrected chi connectivity index (χ4v) is 3.41. The maximum absolute atomic E-state index is 11.1. The van der Waals surface area contributed by atoms with Crippen LogP contribution in [0.25, 0.3) is 0 Å². The van der Waals surface area contributed by atoms with E-state index in [9.17, 15) is 4.79 Å². The third-order valence-corrected chi connectivity index (χ3v) is 4.36. The summed E-state index contributed by atoms with van der Waals surface area (Å²) < 4.78 is 0. The minimum atomic E-state index is -0.875. The molecular weight excluding hydrogens is 250 g/mol. The first-order valence-corrected chi connectivity index (χ1v) is 6.92. The Hall–Kier alpha value is -1.14. The summed E-state index contributed by atoms with van der Waals surface area (Å²) in [6, 6.07) is 0.451. The number of thiazole rings is 1. The zero-order valence-electron chi connectivity index (χ0n) is 11.0. The van der Waals surface area contributed by atoms with Crippen molar-refractivity contribution in [2.45, 2.75) is 25.8 Å². The van der Waals surface area contributed by atoms with Crippen molar-refractivity contribution in [2.24, 2.45) is 0 Å². The van der Waals surface area contributed by atoms with E-state index in [2.05, 4.69) is 28.9 Å². The number of hydrogen-bond acceptors (Lipinski definition) is 5. The summed E-state index contributed by atoms with van der Waals surface area (Å²) in [6.45, 7) is 3.73. The Labute approximate surface area is 111 Å². The highest BCUT2D eigenvalue weighted by molar-refractivity contribution is 7.17. The number of aryl methyl sites for hydroxylation is 1. The van der Waals surface area contributed by atoms with Crippen LogP contribution < -0.4 is 4.90 Å². The van der Waals surface area contributed by atoms with Crippen LogP contribution in [0.15, 0.2) is 0 Å². The molecule has 1 aromatic rings. The molecule has 0 spiro atoms. The van der Waals surface area contributed by atoms with Crippen molar-refractivity contribution in [2.75, 3.05) is 32.1 Å². The fraction of sp³-hybridized carbons (Fsp3) is 0.667. The van der Waals surface area contributed by atoms with Crippen LogP contribution in [0.3, 0.4) is 0 Å². The van der Waals surface area contributed by atoms with Gasteiger partial charge in [-0.2, -0.15) is 0 Å². The van der Waals surface area contributed by atoms with E-state index in [1.54, 1.807) is 6.92 Å². The maximum atomic E-state index is 11.1. The number of likely N-dealkylation sites (N-methyl/N-ethyl adjacent to an activating group) is 1. The van der Waals surface area contributed by atoms with Gasteiger partial charge >= 0.3 is 5.97 Å². The molecule has 0 aliphatic carbocycles. The summed E-state index contributed by atoms with van der Waals surface area (Å²) in [7, 11) is 4.12. The SMILES string of the molecule is Cc1nc(N2CCCC2CN(C)C)sc1C(=O)O. The van der Waals surface area contributed by atoms with Crippen molar-refractivity contribution in [3.63, 3.8) is 0 Å². The van der Waals surface area contributed by atoms with E-state index in [1.165, 1.54) is 11.3 Å². The van der Waals surface area contributed by atoms with E-state index < -0.39 is 5.97 Å². The fourth-order valence-electron chi connectivity index (χ4n) is 2.40. The van der Waals surface area contributed by atoms with Crippen molar-refractivity contribution in [1.82, 2.24) is 9.88 Å². The number of hydrogen-bond donors (Lipinski definition) is 1. The van der Waals surface area contributed by atoms with Crippen molar-refractivity contribution >= 4 is 22.4 Å². The molecule has 0 saturated carbocycles. The summed E-state index contributed by atoms with van der Waals surface area (Å²) in [5.41, 5.74) is 0.623. The molecule has 0 aromatic carbocycles. The lowest BCUT2D eigenvalue weighted by Gasteiger charge is -2.26. The molecule has 100 valence electrons. The molecule has 1 aliphatic rings. The number of anilines is 1. The van der Waals surface area contributed by atoms with Crippen LogP contribution in [0.5, 0.6) is 0 Å². The quantitative estimate of drug-likeness (QED) is 0.901. The third-order valence-electron chi connectivity index (χ3n) is 3.18. The lowest BCUT2D eigenvalue weighted by atomic mass is 10.2. The van der Waals surface area contributed by atoms with Crippen molar-refractivity contribution in [1.29, 1.82) is 0 Å². The molecule has 6 heteroatoms. The van der Waals surface area contributed by atoms with Crippen LogP contribution >= 0.6 is 11.3 Å². The topological polar surface area (TPSA) is 56.7 Å². The summed E-state index contributed by atoms with van der Waals surface area (Å²) in [5, 5.41) is 9.93. The van der Waals surface area contributed by atoms with Gasteiger partial charge in [-0.1, -0.05) is 11.3 Å². The average Bonchev–Trinajstić information content (AvgIpc) is 2.83. The first-order valence-electron chi connectivity index (χ1n) is 6.11. The summed E-state index contributed by atoms with van der Waals surface area (Å²) in [4.78, 5) is 20.3. The minimum absolute atomic E-state index is 0.362. The van der Waals surface area contributed by atoms with Gasteiger partial charge in [-0.15, -0.1) is 0 Å². The van der Waals surface area contributed by atoms with Crippen LogP contribution in [0.4, 0.5) is 5.13 Å². The number of carboxylic acids is 1. The second kappa shape index (κ2) is 5.24. The van der Waals surface area contributed by atoms with Crippen molar-refractivity contribution in [3.05, 3.63) is 10.6 Å². The third kappa shape index (κ3) is 2.64. The Balaban J connectivity index is 2.20.